The van der Waals surface area contributed by atoms with Crippen molar-refractivity contribution in [3.05, 3.63) is 11.9 Å². The lowest BCUT2D eigenvalue weighted by molar-refractivity contribution is 0.212. The molecule has 0 spiro atoms. The highest BCUT2D eigenvalue weighted by atomic mass is 15.4. The molecule has 0 aromatic carbocycles. The molecule has 0 amide bonds. The zero-order chi connectivity index (χ0) is 14.7. The molecule has 118 valence electrons. The summed E-state index contributed by atoms with van der Waals surface area (Å²) < 4.78 is 1.98. The summed E-state index contributed by atoms with van der Waals surface area (Å²) in [4.78, 5) is 2.48. The summed E-state index contributed by atoms with van der Waals surface area (Å²) in [6, 6.07) is 0. The van der Waals surface area contributed by atoms with Crippen molar-refractivity contribution >= 4 is 0 Å². The minimum Gasteiger partial charge on any atom is -0.311 e. The highest BCUT2D eigenvalue weighted by Crippen LogP contribution is 2.48. The lowest BCUT2D eigenvalue weighted by atomic mass is 9.88. The average Bonchev–Trinajstić information content (AvgIpc) is 3.19. The molecule has 0 radical (unpaired) electrons. The molecule has 0 saturated heterocycles. The molecule has 1 N–H and O–H groups in total. The van der Waals surface area contributed by atoms with Gasteiger partial charge in [-0.25, -0.2) is 0 Å². The van der Waals surface area contributed by atoms with E-state index >= 15 is 0 Å². The van der Waals surface area contributed by atoms with E-state index in [1.807, 2.05) is 4.68 Å². The van der Waals surface area contributed by atoms with Crippen molar-refractivity contribution in [1.82, 2.24) is 25.2 Å². The zero-order valence-electron chi connectivity index (χ0n) is 13.5. The molecule has 1 aromatic heterocycles. The first-order valence-corrected chi connectivity index (χ1v) is 8.53. The maximum absolute atomic E-state index is 4.21. The molecule has 1 aromatic rings. The van der Waals surface area contributed by atoms with Gasteiger partial charge >= 0.3 is 0 Å². The van der Waals surface area contributed by atoms with Crippen LogP contribution in [-0.4, -0.2) is 46.6 Å². The second-order valence-electron chi connectivity index (χ2n) is 6.95. The molecule has 2 saturated carbocycles. The van der Waals surface area contributed by atoms with Crippen molar-refractivity contribution in [1.29, 1.82) is 0 Å². The van der Waals surface area contributed by atoms with Crippen LogP contribution in [0, 0.1) is 17.8 Å². The molecule has 1 heterocycles. The Morgan fingerprint density at radius 2 is 2.29 bits per heavy atom. The molecule has 2 bridgehead atoms. The quantitative estimate of drug-likeness (QED) is 0.793. The molecular weight excluding hydrogens is 262 g/mol. The fourth-order valence-electron chi connectivity index (χ4n) is 4.15. The summed E-state index contributed by atoms with van der Waals surface area (Å²) in [5.74, 6) is 3.03. The Hall–Kier alpha value is -0.940. The molecule has 2 fully saturated rings. The van der Waals surface area contributed by atoms with Gasteiger partial charge < -0.3 is 10.2 Å². The molecular formula is C16H29N5. The molecule has 3 rings (SSSR count). The Balaban J connectivity index is 1.39. The van der Waals surface area contributed by atoms with Gasteiger partial charge in [0.1, 0.15) is 0 Å². The molecule has 0 aliphatic heterocycles. The second kappa shape index (κ2) is 6.88. The van der Waals surface area contributed by atoms with Crippen molar-refractivity contribution < 1.29 is 0 Å². The van der Waals surface area contributed by atoms with E-state index in [4.69, 9.17) is 0 Å². The van der Waals surface area contributed by atoms with E-state index in [9.17, 15) is 0 Å². The molecule has 5 heteroatoms. The van der Waals surface area contributed by atoms with Gasteiger partial charge in [0.2, 0.25) is 0 Å². The Morgan fingerprint density at radius 1 is 1.38 bits per heavy atom. The molecule has 3 unspecified atom stereocenters. The van der Waals surface area contributed by atoms with Gasteiger partial charge in [-0.15, -0.1) is 5.10 Å². The van der Waals surface area contributed by atoms with Crippen LogP contribution < -0.4 is 5.32 Å². The number of nitrogens with zero attached hydrogens (tertiary/aromatic N) is 4. The Kier molecular flexibility index (Phi) is 4.91. The summed E-state index contributed by atoms with van der Waals surface area (Å²) in [5.41, 5.74) is 1.03. The Bertz CT molecular complexity index is 444. The van der Waals surface area contributed by atoms with Crippen LogP contribution in [0.15, 0.2) is 6.20 Å². The first-order valence-electron chi connectivity index (χ1n) is 8.53. The maximum Gasteiger partial charge on any atom is 0.0964 e. The normalized spacial score (nSPS) is 27.9. The summed E-state index contributed by atoms with van der Waals surface area (Å²) in [6.45, 7) is 7.17. The summed E-state index contributed by atoms with van der Waals surface area (Å²) in [6.07, 6.45) is 8.03. The minimum atomic E-state index is 0.817. The third-order valence-corrected chi connectivity index (χ3v) is 5.28. The van der Waals surface area contributed by atoms with Crippen LogP contribution in [0.25, 0.3) is 0 Å². The third kappa shape index (κ3) is 3.83. The third-order valence-electron chi connectivity index (χ3n) is 5.28. The smallest absolute Gasteiger partial charge is 0.0964 e. The van der Waals surface area contributed by atoms with Gasteiger partial charge in [0.25, 0.3) is 0 Å². The highest BCUT2D eigenvalue weighted by molar-refractivity contribution is 4.92. The number of likely N-dealkylation sites (N-methyl/N-ethyl adjacent to an activating group) is 1. The van der Waals surface area contributed by atoms with Gasteiger partial charge in [-0.05, 0) is 50.6 Å². The second-order valence-corrected chi connectivity index (χ2v) is 6.95. The van der Waals surface area contributed by atoms with E-state index in [0.717, 1.165) is 49.6 Å². The van der Waals surface area contributed by atoms with Crippen LogP contribution in [0.2, 0.25) is 0 Å². The van der Waals surface area contributed by atoms with E-state index in [1.165, 1.54) is 32.2 Å². The van der Waals surface area contributed by atoms with Gasteiger partial charge in [-0.2, -0.15) is 0 Å². The van der Waals surface area contributed by atoms with Gasteiger partial charge in [-0.1, -0.05) is 18.6 Å². The fraction of sp³-hybridized carbons (Fsp3) is 0.875. The highest BCUT2D eigenvalue weighted by Gasteiger charge is 2.39. The average molecular weight is 291 g/mol. The van der Waals surface area contributed by atoms with Crippen molar-refractivity contribution in [2.45, 2.75) is 45.7 Å². The van der Waals surface area contributed by atoms with E-state index in [-0.39, 0.29) is 0 Å². The maximum atomic E-state index is 4.21. The van der Waals surface area contributed by atoms with Gasteiger partial charge in [0.05, 0.1) is 12.2 Å². The van der Waals surface area contributed by atoms with Crippen LogP contribution in [0.5, 0.6) is 0 Å². The first kappa shape index (κ1) is 15.0. The number of rotatable bonds is 8. The van der Waals surface area contributed by atoms with E-state index in [0.29, 0.717) is 0 Å². The van der Waals surface area contributed by atoms with Crippen LogP contribution in [0.4, 0.5) is 0 Å². The number of hydrogen-bond acceptors (Lipinski definition) is 4. The lowest BCUT2D eigenvalue weighted by Gasteiger charge is -2.27. The van der Waals surface area contributed by atoms with Gasteiger partial charge in [-0.3, -0.25) is 4.68 Å². The van der Waals surface area contributed by atoms with Crippen LogP contribution in [0.3, 0.4) is 0 Å². The van der Waals surface area contributed by atoms with Crippen molar-refractivity contribution in [3.63, 3.8) is 0 Å². The summed E-state index contributed by atoms with van der Waals surface area (Å²) in [7, 11) is 2.25. The van der Waals surface area contributed by atoms with Crippen LogP contribution >= 0.6 is 0 Å². The topological polar surface area (TPSA) is 46.0 Å². The predicted molar refractivity (Wildman–Crippen MR) is 83.8 cm³/mol. The van der Waals surface area contributed by atoms with E-state index < -0.39 is 0 Å². The van der Waals surface area contributed by atoms with Gasteiger partial charge in [0.15, 0.2) is 0 Å². The standard InChI is InChI=1S/C16H29N5/c1-3-17-10-16-12-21(19-18-16)7-6-20(2)11-15-9-13-4-5-14(15)8-13/h12-15,17H,3-11H2,1-2H3. The monoisotopic (exact) mass is 291 g/mol. The number of nitrogens with one attached hydrogen (secondary N) is 1. The fourth-order valence-corrected chi connectivity index (χ4v) is 4.15. The lowest BCUT2D eigenvalue weighted by Crippen LogP contribution is -2.31. The van der Waals surface area contributed by atoms with E-state index in [1.54, 1.807) is 0 Å². The van der Waals surface area contributed by atoms with Crippen molar-refractivity contribution in [2.24, 2.45) is 17.8 Å². The predicted octanol–water partition coefficient (Wildman–Crippen LogP) is 1.76. The van der Waals surface area contributed by atoms with Gasteiger partial charge in [0, 0.05) is 25.8 Å². The number of fused-ring (bicyclic) bond motifs is 2. The minimum absolute atomic E-state index is 0.817. The number of hydrogen-bond donors (Lipinski definition) is 1. The SMILES string of the molecule is CCNCc1cn(CCN(C)CC2CC3CCC2C3)nn1. The molecule has 2 aliphatic carbocycles. The molecule has 5 nitrogen and oxygen atoms in total. The largest absolute Gasteiger partial charge is 0.311 e. The van der Waals surface area contributed by atoms with Crippen molar-refractivity contribution in [3.8, 4) is 0 Å². The molecule has 2 aliphatic rings. The Morgan fingerprint density at radius 3 is 3.00 bits per heavy atom. The number of aromatic nitrogens is 3. The molecule has 21 heavy (non-hydrogen) atoms. The van der Waals surface area contributed by atoms with Crippen molar-refractivity contribution in [2.75, 3.05) is 26.7 Å². The zero-order valence-corrected chi connectivity index (χ0v) is 13.5. The summed E-state index contributed by atoms with van der Waals surface area (Å²) >= 11 is 0. The summed E-state index contributed by atoms with van der Waals surface area (Å²) in [5, 5.41) is 11.7. The first-order chi connectivity index (χ1) is 10.2. The van der Waals surface area contributed by atoms with Crippen LogP contribution in [-0.2, 0) is 13.1 Å². The molecule has 3 atom stereocenters. The van der Waals surface area contributed by atoms with Crippen LogP contribution in [0.1, 0.15) is 38.3 Å². The Labute approximate surface area is 128 Å². The van der Waals surface area contributed by atoms with E-state index in [2.05, 4.69) is 40.7 Å².